The number of hydrogen-bond acceptors (Lipinski definition) is 3. The lowest BCUT2D eigenvalue weighted by Gasteiger charge is -2.27. The highest BCUT2D eigenvalue weighted by molar-refractivity contribution is 5.78. The average molecular weight is 289 g/mol. The maximum Gasteiger partial charge on any atom is 0.223 e. The molecule has 1 fully saturated rings. The van der Waals surface area contributed by atoms with Gasteiger partial charge in [0.25, 0.3) is 0 Å². The zero-order chi connectivity index (χ0) is 15.2. The van der Waals surface area contributed by atoms with E-state index in [1.807, 2.05) is 6.07 Å². The number of carbonyl (C=O) groups excluding carboxylic acids is 1. The van der Waals surface area contributed by atoms with Crippen LogP contribution in [0.25, 0.3) is 0 Å². The van der Waals surface area contributed by atoms with Gasteiger partial charge < -0.3 is 15.5 Å². The molecule has 1 aliphatic heterocycles. The molecule has 1 heterocycles. The third-order valence-electron chi connectivity index (χ3n) is 4.05. The second-order valence-corrected chi connectivity index (χ2v) is 6.30. The summed E-state index contributed by atoms with van der Waals surface area (Å²) in [6.45, 7) is 4.61. The minimum Gasteiger partial charge on any atom is -0.352 e. The number of carbonyl (C=O) groups is 1. The van der Waals surface area contributed by atoms with Gasteiger partial charge in [-0.3, -0.25) is 4.79 Å². The number of nitrogens with zero attached hydrogens (tertiary/aromatic N) is 1. The van der Waals surface area contributed by atoms with Gasteiger partial charge in [-0.15, -0.1) is 0 Å². The summed E-state index contributed by atoms with van der Waals surface area (Å²) in [7, 11) is 4.12. The minimum atomic E-state index is 0.155. The van der Waals surface area contributed by atoms with Gasteiger partial charge in [-0.2, -0.15) is 0 Å². The van der Waals surface area contributed by atoms with Gasteiger partial charge in [-0.1, -0.05) is 24.3 Å². The molecule has 2 rings (SSSR count). The largest absolute Gasteiger partial charge is 0.352 e. The van der Waals surface area contributed by atoms with Crippen LogP contribution in [0.15, 0.2) is 24.3 Å². The maximum absolute atomic E-state index is 12.3. The third kappa shape index (κ3) is 4.83. The lowest BCUT2D eigenvalue weighted by molar-refractivity contribution is -0.126. The van der Waals surface area contributed by atoms with E-state index in [-0.39, 0.29) is 11.8 Å². The third-order valence-corrected chi connectivity index (χ3v) is 4.05. The molecule has 1 aromatic rings. The standard InChI is InChI=1S/C17H27N3O/c1-13-10-14(8-9-18-13)17(21)19-11-15-6-4-5-7-16(15)12-20(2)3/h4-7,13-14,18H,8-12H2,1-3H3,(H,19,21)/t13-,14-/m0/s1. The van der Waals surface area contributed by atoms with E-state index in [4.69, 9.17) is 0 Å². The smallest absolute Gasteiger partial charge is 0.223 e. The second kappa shape index (κ2) is 7.57. The Balaban J connectivity index is 1.91. The van der Waals surface area contributed by atoms with Crippen LogP contribution < -0.4 is 10.6 Å². The van der Waals surface area contributed by atoms with E-state index >= 15 is 0 Å². The Morgan fingerprint density at radius 3 is 2.71 bits per heavy atom. The fourth-order valence-electron chi connectivity index (χ4n) is 2.92. The Labute approximate surface area is 127 Å². The van der Waals surface area contributed by atoms with Gasteiger partial charge in [-0.05, 0) is 51.5 Å². The van der Waals surface area contributed by atoms with E-state index in [2.05, 4.69) is 54.8 Å². The molecule has 0 unspecified atom stereocenters. The molecule has 21 heavy (non-hydrogen) atoms. The summed E-state index contributed by atoms with van der Waals surface area (Å²) < 4.78 is 0. The molecule has 0 bridgehead atoms. The molecule has 1 aromatic carbocycles. The van der Waals surface area contributed by atoms with E-state index in [9.17, 15) is 4.79 Å². The molecule has 0 saturated carbocycles. The first-order valence-electron chi connectivity index (χ1n) is 7.79. The average Bonchev–Trinajstić information content (AvgIpc) is 2.45. The number of amides is 1. The molecule has 0 aromatic heterocycles. The van der Waals surface area contributed by atoms with Crippen LogP contribution in [0, 0.1) is 5.92 Å². The molecule has 4 nitrogen and oxygen atoms in total. The van der Waals surface area contributed by atoms with Crippen molar-refractivity contribution in [3.63, 3.8) is 0 Å². The molecule has 0 spiro atoms. The number of hydrogen-bond donors (Lipinski definition) is 2. The summed E-state index contributed by atoms with van der Waals surface area (Å²) in [5.41, 5.74) is 2.49. The lowest BCUT2D eigenvalue weighted by atomic mass is 9.92. The van der Waals surface area contributed by atoms with E-state index < -0.39 is 0 Å². The van der Waals surface area contributed by atoms with Crippen LogP contribution in [0.3, 0.4) is 0 Å². The predicted molar refractivity (Wildman–Crippen MR) is 85.9 cm³/mol. The summed E-state index contributed by atoms with van der Waals surface area (Å²) in [6, 6.07) is 8.76. The van der Waals surface area contributed by atoms with Crippen LogP contribution in [0.2, 0.25) is 0 Å². The van der Waals surface area contributed by atoms with Crippen molar-refractivity contribution in [2.45, 2.75) is 38.9 Å². The number of benzene rings is 1. The molecule has 2 N–H and O–H groups in total. The molecular formula is C17H27N3O. The highest BCUT2D eigenvalue weighted by atomic mass is 16.1. The van der Waals surface area contributed by atoms with E-state index in [0.29, 0.717) is 12.6 Å². The van der Waals surface area contributed by atoms with E-state index in [1.54, 1.807) is 0 Å². The molecule has 0 aliphatic carbocycles. The second-order valence-electron chi connectivity index (χ2n) is 6.30. The topological polar surface area (TPSA) is 44.4 Å². The van der Waals surface area contributed by atoms with Gasteiger partial charge >= 0.3 is 0 Å². The highest BCUT2D eigenvalue weighted by Gasteiger charge is 2.24. The van der Waals surface area contributed by atoms with Gasteiger partial charge in [-0.25, -0.2) is 0 Å². The molecule has 1 amide bonds. The predicted octanol–water partition coefficient (Wildman–Crippen LogP) is 1.75. The molecular weight excluding hydrogens is 262 g/mol. The van der Waals surface area contributed by atoms with Crippen LogP contribution in [-0.4, -0.2) is 37.5 Å². The fraction of sp³-hybridized carbons (Fsp3) is 0.588. The normalized spacial score (nSPS) is 22.3. The van der Waals surface area contributed by atoms with Crippen molar-refractivity contribution in [3.05, 3.63) is 35.4 Å². The Kier molecular flexibility index (Phi) is 5.76. The Morgan fingerprint density at radius 1 is 1.33 bits per heavy atom. The van der Waals surface area contributed by atoms with Crippen molar-refractivity contribution >= 4 is 5.91 Å². The van der Waals surface area contributed by atoms with E-state index in [1.165, 1.54) is 11.1 Å². The Hall–Kier alpha value is -1.39. The molecule has 1 saturated heterocycles. The van der Waals surface area contributed by atoms with Gasteiger partial charge in [0, 0.05) is 25.0 Å². The summed E-state index contributed by atoms with van der Waals surface area (Å²) in [4.78, 5) is 14.4. The SMILES string of the molecule is C[C@H]1C[C@@H](C(=O)NCc2ccccc2CN(C)C)CCN1. The van der Waals surface area contributed by atoms with E-state index in [0.717, 1.165) is 25.9 Å². The van der Waals surface area contributed by atoms with Gasteiger partial charge in [0.1, 0.15) is 0 Å². The van der Waals surface area contributed by atoms with Crippen molar-refractivity contribution in [3.8, 4) is 0 Å². The summed E-state index contributed by atoms with van der Waals surface area (Å²) >= 11 is 0. The van der Waals surface area contributed by atoms with Gasteiger partial charge in [0.15, 0.2) is 0 Å². The first-order valence-corrected chi connectivity index (χ1v) is 7.79. The first kappa shape index (κ1) is 16.0. The van der Waals surface area contributed by atoms with Crippen molar-refractivity contribution < 1.29 is 4.79 Å². The summed E-state index contributed by atoms with van der Waals surface area (Å²) in [5, 5.41) is 6.50. The van der Waals surface area contributed by atoms with Crippen LogP contribution in [0.4, 0.5) is 0 Å². The first-order chi connectivity index (χ1) is 10.1. The van der Waals surface area contributed by atoms with Crippen LogP contribution >= 0.6 is 0 Å². The van der Waals surface area contributed by atoms with Crippen LogP contribution in [-0.2, 0) is 17.9 Å². The van der Waals surface area contributed by atoms with Gasteiger partial charge in [0.2, 0.25) is 5.91 Å². The van der Waals surface area contributed by atoms with Crippen LogP contribution in [0.5, 0.6) is 0 Å². The zero-order valence-corrected chi connectivity index (χ0v) is 13.4. The minimum absolute atomic E-state index is 0.155. The highest BCUT2D eigenvalue weighted by Crippen LogP contribution is 2.17. The molecule has 116 valence electrons. The van der Waals surface area contributed by atoms with Crippen LogP contribution in [0.1, 0.15) is 30.9 Å². The maximum atomic E-state index is 12.3. The summed E-state index contributed by atoms with van der Waals surface area (Å²) in [6.07, 6.45) is 1.88. The number of rotatable bonds is 5. The van der Waals surface area contributed by atoms with Crippen molar-refractivity contribution in [1.82, 2.24) is 15.5 Å². The van der Waals surface area contributed by atoms with Crippen molar-refractivity contribution in [1.29, 1.82) is 0 Å². The monoisotopic (exact) mass is 289 g/mol. The van der Waals surface area contributed by atoms with Crippen molar-refractivity contribution in [2.75, 3.05) is 20.6 Å². The molecule has 1 aliphatic rings. The lowest BCUT2D eigenvalue weighted by Crippen LogP contribution is -2.42. The van der Waals surface area contributed by atoms with Crippen molar-refractivity contribution in [2.24, 2.45) is 5.92 Å². The fourth-order valence-corrected chi connectivity index (χ4v) is 2.92. The van der Waals surface area contributed by atoms with Gasteiger partial charge in [0.05, 0.1) is 0 Å². The molecule has 4 heteroatoms. The number of nitrogens with one attached hydrogen (secondary N) is 2. The molecule has 0 radical (unpaired) electrons. The summed E-state index contributed by atoms with van der Waals surface area (Å²) in [5.74, 6) is 0.352. The number of piperidine rings is 1. The molecule has 2 atom stereocenters. The quantitative estimate of drug-likeness (QED) is 0.868. The Bertz CT molecular complexity index is 473. The Morgan fingerprint density at radius 2 is 2.05 bits per heavy atom. The zero-order valence-electron chi connectivity index (χ0n) is 13.4.